The number of carbonyl (C=O) groups is 1. The first-order valence-electron chi connectivity index (χ1n) is 7.42. The molecule has 1 N–H and O–H groups in total. The monoisotopic (exact) mass is 328 g/mol. The summed E-state index contributed by atoms with van der Waals surface area (Å²) in [4.78, 5) is 20.3. The fourth-order valence-electron chi connectivity index (χ4n) is 1.94. The SMILES string of the molecule is CCc1ccc(C=NNC(=O)CSc2nc(C)cc(C)n2)cc1. The number of hydrazone groups is 1. The second-order valence-electron chi connectivity index (χ2n) is 5.11. The summed E-state index contributed by atoms with van der Waals surface area (Å²) in [6.07, 6.45) is 2.64. The molecular formula is C17H20N4OS. The minimum atomic E-state index is -0.181. The summed E-state index contributed by atoms with van der Waals surface area (Å²) in [7, 11) is 0. The molecule has 1 amide bonds. The zero-order valence-corrected chi connectivity index (χ0v) is 14.4. The number of aryl methyl sites for hydroxylation is 3. The van der Waals surface area contributed by atoms with E-state index < -0.39 is 0 Å². The molecule has 0 saturated heterocycles. The Balaban J connectivity index is 1.81. The second kappa shape index (κ2) is 8.43. The van der Waals surface area contributed by atoms with Crippen molar-refractivity contribution in [2.24, 2.45) is 5.10 Å². The van der Waals surface area contributed by atoms with E-state index in [9.17, 15) is 4.79 Å². The number of amides is 1. The van der Waals surface area contributed by atoms with Gasteiger partial charge in [0.1, 0.15) is 0 Å². The fourth-order valence-corrected chi connectivity index (χ4v) is 2.68. The van der Waals surface area contributed by atoms with Crippen molar-refractivity contribution in [1.29, 1.82) is 0 Å². The van der Waals surface area contributed by atoms with Crippen molar-refractivity contribution in [2.45, 2.75) is 32.3 Å². The average Bonchev–Trinajstić information content (AvgIpc) is 2.53. The van der Waals surface area contributed by atoms with E-state index in [0.29, 0.717) is 5.16 Å². The molecule has 1 heterocycles. The minimum Gasteiger partial charge on any atom is -0.272 e. The number of nitrogens with one attached hydrogen (secondary N) is 1. The Morgan fingerprint density at radius 2 is 1.87 bits per heavy atom. The summed E-state index contributed by atoms with van der Waals surface area (Å²) in [5, 5.41) is 4.57. The maximum atomic E-state index is 11.8. The summed E-state index contributed by atoms with van der Waals surface area (Å²) < 4.78 is 0. The molecule has 0 fully saturated rings. The lowest BCUT2D eigenvalue weighted by Gasteiger charge is -2.02. The predicted octanol–water partition coefficient (Wildman–Crippen LogP) is 2.90. The smallest absolute Gasteiger partial charge is 0.250 e. The van der Waals surface area contributed by atoms with E-state index in [-0.39, 0.29) is 11.7 Å². The van der Waals surface area contributed by atoms with Crippen LogP contribution in [0, 0.1) is 13.8 Å². The first-order chi connectivity index (χ1) is 11.1. The molecule has 0 unspecified atom stereocenters. The highest BCUT2D eigenvalue weighted by molar-refractivity contribution is 7.99. The van der Waals surface area contributed by atoms with Crippen molar-refractivity contribution < 1.29 is 4.79 Å². The number of carbonyl (C=O) groups excluding carboxylic acids is 1. The molecule has 1 aromatic heterocycles. The topological polar surface area (TPSA) is 67.2 Å². The molecule has 2 aromatic rings. The van der Waals surface area contributed by atoms with Gasteiger partial charge in [-0.1, -0.05) is 43.0 Å². The molecule has 0 radical (unpaired) electrons. The molecule has 0 spiro atoms. The first kappa shape index (κ1) is 17.1. The van der Waals surface area contributed by atoms with Gasteiger partial charge in [0.15, 0.2) is 5.16 Å². The van der Waals surface area contributed by atoms with Gasteiger partial charge in [-0.15, -0.1) is 0 Å². The number of hydrogen-bond donors (Lipinski definition) is 1. The van der Waals surface area contributed by atoms with Crippen LogP contribution in [0.2, 0.25) is 0 Å². The predicted molar refractivity (Wildman–Crippen MR) is 93.8 cm³/mol. The summed E-state index contributed by atoms with van der Waals surface area (Å²) >= 11 is 1.30. The third-order valence-corrected chi connectivity index (χ3v) is 3.93. The van der Waals surface area contributed by atoms with Gasteiger partial charge < -0.3 is 0 Å². The van der Waals surface area contributed by atoms with E-state index in [1.54, 1.807) is 6.21 Å². The lowest BCUT2D eigenvalue weighted by Crippen LogP contribution is -2.19. The molecule has 0 aliphatic carbocycles. The van der Waals surface area contributed by atoms with E-state index in [4.69, 9.17) is 0 Å². The van der Waals surface area contributed by atoms with Gasteiger partial charge in [0.2, 0.25) is 0 Å². The van der Waals surface area contributed by atoms with Crippen LogP contribution >= 0.6 is 11.8 Å². The summed E-state index contributed by atoms with van der Waals surface area (Å²) in [5.74, 6) is 0.0498. The number of thioether (sulfide) groups is 1. The van der Waals surface area contributed by atoms with Crippen LogP contribution in [0.4, 0.5) is 0 Å². The molecule has 0 bridgehead atoms. The van der Waals surface area contributed by atoms with Crippen LogP contribution < -0.4 is 5.43 Å². The van der Waals surface area contributed by atoms with E-state index >= 15 is 0 Å². The third-order valence-electron chi connectivity index (χ3n) is 3.08. The van der Waals surface area contributed by atoms with E-state index in [0.717, 1.165) is 23.4 Å². The Labute approximate surface area is 140 Å². The molecule has 6 heteroatoms. The largest absolute Gasteiger partial charge is 0.272 e. The highest BCUT2D eigenvalue weighted by Crippen LogP contribution is 2.13. The average molecular weight is 328 g/mol. The molecular weight excluding hydrogens is 308 g/mol. The fraction of sp³-hybridized carbons (Fsp3) is 0.294. The van der Waals surface area contributed by atoms with Crippen molar-refractivity contribution in [1.82, 2.24) is 15.4 Å². The van der Waals surface area contributed by atoms with E-state index in [1.165, 1.54) is 17.3 Å². The van der Waals surface area contributed by atoms with Gasteiger partial charge in [0, 0.05) is 11.4 Å². The Kier molecular flexibility index (Phi) is 6.29. The van der Waals surface area contributed by atoms with Gasteiger partial charge in [-0.3, -0.25) is 4.79 Å². The lowest BCUT2D eigenvalue weighted by molar-refractivity contribution is -0.118. The Bertz CT molecular complexity index is 678. The number of aromatic nitrogens is 2. The number of benzene rings is 1. The molecule has 1 aromatic carbocycles. The first-order valence-corrected chi connectivity index (χ1v) is 8.41. The molecule has 0 saturated carbocycles. The van der Waals surface area contributed by atoms with Crippen LogP contribution in [0.5, 0.6) is 0 Å². The standard InChI is InChI=1S/C17H20N4OS/c1-4-14-5-7-15(8-6-14)10-18-21-16(22)11-23-17-19-12(2)9-13(3)20-17/h5-10H,4,11H2,1-3H3,(H,21,22). The van der Waals surface area contributed by atoms with Crippen LogP contribution in [-0.4, -0.2) is 27.8 Å². The lowest BCUT2D eigenvalue weighted by atomic mass is 10.1. The number of rotatable bonds is 6. The van der Waals surface area contributed by atoms with Gasteiger partial charge in [-0.2, -0.15) is 5.10 Å². The third kappa shape index (κ3) is 5.83. The van der Waals surface area contributed by atoms with Gasteiger partial charge in [-0.05, 0) is 37.5 Å². The van der Waals surface area contributed by atoms with Crippen LogP contribution in [0.3, 0.4) is 0 Å². The number of nitrogens with zero attached hydrogens (tertiary/aromatic N) is 3. The maximum Gasteiger partial charge on any atom is 0.250 e. The van der Waals surface area contributed by atoms with Gasteiger partial charge in [-0.25, -0.2) is 15.4 Å². The van der Waals surface area contributed by atoms with E-state index in [2.05, 4.69) is 39.6 Å². The summed E-state index contributed by atoms with van der Waals surface area (Å²) in [6, 6.07) is 9.96. The molecule has 0 atom stereocenters. The normalized spacial score (nSPS) is 10.9. The molecule has 120 valence electrons. The van der Waals surface area contributed by atoms with Gasteiger partial charge >= 0.3 is 0 Å². The van der Waals surface area contributed by atoms with Crippen LogP contribution in [-0.2, 0) is 11.2 Å². The Hall–Kier alpha value is -2.21. The minimum absolute atomic E-state index is 0.181. The molecule has 0 aliphatic heterocycles. The highest BCUT2D eigenvalue weighted by Gasteiger charge is 2.05. The summed E-state index contributed by atoms with van der Waals surface area (Å²) in [5.41, 5.74) is 6.53. The van der Waals surface area contributed by atoms with Crippen molar-refractivity contribution in [3.8, 4) is 0 Å². The van der Waals surface area contributed by atoms with Crippen LogP contribution in [0.25, 0.3) is 0 Å². The molecule has 5 nitrogen and oxygen atoms in total. The maximum absolute atomic E-state index is 11.8. The van der Waals surface area contributed by atoms with Crippen LogP contribution in [0.15, 0.2) is 40.6 Å². The molecule has 2 rings (SSSR count). The second-order valence-corrected chi connectivity index (χ2v) is 6.05. The summed E-state index contributed by atoms with van der Waals surface area (Å²) in [6.45, 7) is 5.93. The number of hydrogen-bond acceptors (Lipinski definition) is 5. The van der Waals surface area contributed by atoms with Gasteiger partial charge in [0.05, 0.1) is 12.0 Å². The van der Waals surface area contributed by atoms with E-state index in [1.807, 2.05) is 32.0 Å². The quantitative estimate of drug-likeness (QED) is 0.383. The van der Waals surface area contributed by atoms with Crippen LogP contribution in [0.1, 0.15) is 29.4 Å². The van der Waals surface area contributed by atoms with Crippen molar-refractivity contribution >= 4 is 23.9 Å². The Morgan fingerprint density at radius 1 is 1.22 bits per heavy atom. The molecule has 23 heavy (non-hydrogen) atoms. The Morgan fingerprint density at radius 3 is 2.48 bits per heavy atom. The van der Waals surface area contributed by atoms with Crippen molar-refractivity contribution in [2.75, 3.05) is 5.75 Å². The molecule has 0 aliphatic rings. The zero-order valence-electron chi connectivity index (χ0n) is 13.5. The van der Waals surface area contributed by atoms with Crippen molar-refractivity contribution in [3.63, 3.8) is 0 Å². The van der Waals surface area contributed by atoms with Crippen molar-refractivity contribution in [3.05, 3.63) is 52.8 Å². The highest BCUT2D eigenvalue weighted by atomic mass is 32.2. The van der Waals surface area contributed by atoms with Gasteiger partial charge in [0.25, 0.3) is 5.91 Å². The zero-order chi connectivity index (χ0) is 16.7.